The van der Waals surface area contributed by atoms with Gasteiger partial charge in [0, 0.05) is 18.7 Å². The molecule has 4 heteroatoms. The van der Waals surface area contributed by atoms with Gasteiger partial charge >= 0.3 is 0 Å². The van der Waals surface area contributed by atoms with Crippen molar-refractivity contribution in [2.24, 2.45) is 0 Å². The number of methoxy groups -OCH3 is 1. The Morgan fingerprint density at radius 1 is 1.36 bits per heavy atom. The van der Waals surface area contributed by atoms with Crippen LogP contribution in [0.2, 0.25) is 5.02 Å². The molecule has 0 aliphatic heterocycles. The fraction of sp³-hybridized carbons (Fsp3) is 0.400. The Morgan fingerprint density at radius 3 is 2.36 bits per heavy atom. The minimum absolute atomic E-state index is 0. The second-order valence-corrected chi connectivity index (χ2v) is 3.27. The van der Waals surface area contributed by atoms with Gasteiger partial charge in [0.05, 0.1) is 6.10 Å². The van der Waals surface area contributed by atoms with E-state index < -0.39 is 0 Å². The molecule has 2 nitrogen and oxygen atoms in total. The van der Waals surface area contributed by atoms with E-state index in [1.165, 1.54) is 0 Å². The summed E-state index contributed by atoms with van der Waals surface area (Å²) in [7, 11) is 3.61. The first-order valence-electron chi connectivity index (χ1n) is 4.20. The number of halogens is 2. The van der Waals surface area contributed by atoms with Gasteiger partial charge < -0.3 is 10.1 Å². The van der Waals surface area contributed by atoms with Gasteiger partial charge in [0.1, 0.15) is 0 Å². The third-order valence-electron chi connectivity index (χ3n) is 1.92. The van der Waals surface area contributed by atoms with Crippen molar-refractivity contribution in [1.82, 2.24) is 5.32 Å². The highest BCUT2D eigenvalue weighted by molar-refractivity contribution is 6.30. The molecule has 0 spiro atoms. The molecule has 0 aromatic heterocycles. The highest BCUT2D eigenvalue weighted by atomic mass is 35.5. The van der Waals surface area contributed by atoms with Crippen molar-refractivity contribution < 1.29 is 4.74 Å². The van der Waals surface area contributed by atoms with E-state index in [0.29, 0.717) is 0 Å². The fourth-order valence-electron chi connectivity index (χ4n) is 1.20. The summed E-state index contributed by atoms with van der Waals surface area (Å²) in [4.78, 5) is 0. The molecule has 1 rings (SSSR count). The highest BCUT2D eigenvalue weighted by Crippen LogP contribution is 2.18. The van der Waals surface area contributed by atoms with Crippen LogP contribution in [0, 0.1) is 0 Å². The summed E-state index contributed by atoms with van der Waals surface area (Å²) in [6, 6.07) is 7.71. The first kappa shape index (κ1) is 13.7. The molecular weight excluding hydrogens is 221 g/mol. The lowest BCUT2D eigenvalue weighted by Gasteiger charge is -2.14. The number of hydrogen-bond donors (Lipinski definition) is 1. The van der Waals surface area contributed by atoms with Crippen LogP contribution in [-0.2, 0) is 4.74 Å². The van der Waals surface area contributed by atoms with Crippen molar-refractivity contribution in [3.8, 4) is 0 Å². The number of ether oxygens (including phenoxy) is 1. The van der Waals surface area contributed by atoms with Crippen molar-refractivity contribution in [3.63, 3.8) is 0 Å². The Hall–Kier alpha value is -0.280. The molecular formula is C10H15Cl2NO. The topological polar surface area (TPSA) is 21.3 Å². The Labute approximate surface area is 96.0 Å². The maximum atomic E-state index is 5.78. The molecule has 0 aliphatic carbocycles. The number of benzene rings is 1. The molecule has 1 unspecified atom stereocenters. The molecule has 1 N–H and O–H groups in total. The Morgan fingerprint density at radius 2 is 1.93 bits per heavy atom. The Balaban J connectivity index is 0.00000169. The maximum Gasteiger partial charge on any atom is 0.0945 e. The summed E-state index contributed by atoms with van der Waals surface area (Å²) in [6.45, 7) is 0.804. The van der Waals surface area contributed by atoms with Crippen LogP contribution in [0.1, 0.15) is 11.7 Å². The summed E-state index contributed by atoms with van der Waals surface area (Å²) in [5, 5.41) is 3.83. The molecule has 0 fully saturated rings. The summed E-state index contributed by atoms with van der Waals surface area (Å²) >= 11 is 5.78. The average Bonchev–Trinajstić information content (AvgIpc) is 2.16. The second kappa shape index (κ2) is 7.07. The second-order valence-electron chi connectivity index (χ2n) is 2.83. The van der Waals surface area contributed by atoms with Crippen LogP contribution < -0.4 is 5.32 Å². The minimum Gasteiger partial charge on any atom is -0.375 e. The van der Waals surface area contributed by atoms with Gasteiger partial charge in [0.2, 0.25) is 0 Å². The van der Waals surface area contributed by atoms with Crippen molar-refractivity contribution in [3.05, 3.63) is 34.9 Å². The molecule has 0 heterocycles. The summed E-state index contributed by atoms with van der Waals surface area (Å²) in [5.41, 5.74) is 1.14. The van der Waals surface area contributed by atoms with Crippen LogP contribution in [0.3, 0.4) is 0 Å². The van der Waals surface area contributed by atoms with Crippen molar-refractivity contribution >= 4 is 24.0 Å². The van der Waals surface area contributed by atoms with Crippen LogP contribution in [0.5, 0.6) is 0 Å². The SMILES string of the molecule is CNCC(OC)c1ccc(Cl)cc1.Cl. The predicted octanol–water partition coefficient (Wildman–Crippen LogP) is 2.67. The smallest absolute Gasteiger partial charge is 0.0945 e. The average molecular weight is 236 g/mol. The lowest BCUT2D eigenvalue weighted by molar-refractivity contribution is 0.104. The van der Waals surface area contributed by atoms with E-state index >= 15 is 0 Å². The molecule has 0 bridgehead atoms. The van der Waals surface area contributed by atoms with Gasteiger partial charge in [0.15, 0.2) is 0 Å². The van der Waals surface area contributed by atoms with Crippen LogP contribution in [0.15, 0.2) is 24.3 Å². The minimum atomic E-state index is 0. The first-order valence-corrected chi connectivity index (χ1v) is 4.58. The monoisotopic (exact) mass is 235 g/mol. The molecule has 0 amide bonds. The van der Waals surface area contributed by atoms with Crippen molar-refractivity contribution in [1.29, 1.82) is 0 Å². The molecule has 0 aliphatic rings. The summed E-state index contributed by atoms with van der Waals surface area (Å²) in [6.07, 6.45) is 0.0993. The van der Waals surface area contributed by atoms with Crippen LogP contribution in [0.25, 0.3) is 0 Å². The summed E-state index contributed by atoms with van der Waals surface area (Å²) < 4.78 is 5.31. The van der Waals surface area contributed by atoms with Crippen LogP contribution in [0.4, 0.5) is 0 Å². The largest absolute Gasteiger partial charge is 0.375 e. The predicted molar refractivity (Wildman–Crippen MR) is 62.4 cm³/mol. The zero-order chi connectivity index (χ0) is 9.68. The van der Waals surface area contributed by atoms with E-state index in [9.17, 15) is 0 Å². The molecule has 1 aromatic rings. The van der Waals surface area contributed by atoms with E-state index in [2.05, 4.69) is 5.32 Å². The first-order chi connectivity index (χ1) is 6.27. The van der Waals surface area contributed by atoms with Crippen LogP contribution in [-0.4, -0.2) is 20.7 Å². The van der Waals surface area contributed by atoms with Gasteiger partial charge in [-0.05, 0) is 24.7 Å². The quantitative estimate of drug-likeness (QED) is 0.867. The number of nitrogens with one attached hydrogen (secondary N) is 1. The molecule has 14 heavy (non-hydrogen) atoms. The van der Waals surface area contributed by atoms with Gasteiger partial charge in [-0.3, -0.25) is 0 Å². The molecule has 0 saturated heterocycles. The lowest BCUT2D eigenvalue weighted by Crippen LogP contribution is -2.18. The van der Waals surface area contributed by atoms with Crippen LogP contribution >= 0.6 is 24.0 Å². The normalized spacial score (nSPS) is 11.9. The molecule has 80 valence electrons. The van der Waals surface area contributed by atoms with Gasteiger partial charge in [0.25, 0.3) is 0 Å². The maximum absolute atomic E-state index is 5.78. The van der Waals surface area contributed by atoms with E-state index in [1.807, 2.05) is 31.3 Å². The number of rotatable bonds is 4. The van der Waals surface area contributed by atoms with Crippen molar-refractivity contribution in [2.45, 2.75) is 6.10 Å². The van der Waals surface area contributed by atoms with E-state index in [-0.39, 0.29) is 18.5 Å². The highest BCUT2D eigenvalue weighted by Gasteiger charge is 2.07. The molecule has 1 aromatic carbocycles. The zero-order valence-electron chi connectivity index (χ0n) is 8.29. The van der Waals surface area contributed by atoms with Crippen molar-refractivity contribution in [2.75, 3.05) is 20.7 Å². The van der Waals surface area contributed by atoms with Gasteiger partial charge in [-0.25, -0.2) is 0 Å². The van der Waals surface area contributed by atoms with E-state index in [0.717, 1.165) is 17.1 Å². The third-order valence-corrected chi connectivity index (χ3v) is 2.17. The fourth-order valence-corrected chi connectivity index (χ4v) is 1.33. The van der Waals surface area contributed by atoms with E-state index in [4.69, 9.17) is 16.3 Å². The Kier molecular flexibility index (Phi) is 6.93. The third kappa shape index (κ3) is 3.84. The zero-order valence-corrected chi connectivity index (χ0v) is 9.86. The standard InChI is InChI=1S/C10H14ClNO.ClH/c1-12-7-10(13-2)8-3-5-9(11)6-4-8;/h3-6,10,12H,7H2,1-2H3;1H. The summed E-state index contributed by atoms with van der Waals surface area (Å²) in [5.74, 6) is 0. The van der Waals surface area contributed by atoms with Gasteiger partial charge in [-0.15, -0.1) is 12.4 Å². The number of hydrogen-bond acceptors (Lipinski definition) is 2. The lowest BCUT2D eigenvalue weighted by atomic mass is 10.1. The van der Waals surface area contributed by atoms with E-state index in [1.54, 1.807) is 7.11 Å². The molecule has 0 saturated carbocycles. The van der Waals surface area contributed by atoms with Gasteiger partial charge in [-0.2, -0.15) is 0 Å². The molecule has 0 radical (unpaired) electrons. The Bertz CT molecular complexity index is 251. The van der Waals surface area contributed by atoms with Gasteiger partial charge in [-0.1, -0.05) is 23.7 Å². The number of likely N-dealkylation sites (N-methyl/N-ethyl adjacent to an activating group) is 1. The molecule has 1 atom stereocenters.